The molecule has 2 atom stereocenters. The molecule has 16 heavy (non-hydrogen) atoms. The van der Waals surface area contributed by atoms with Gasteiger partial charge in [0.2, 0.25) is 10.0 Å². The SMILES string of the molecule is CCS(=O)(=O)N1CCC2C(CCCN2C)C1. The molecule has 5 heteroatoms. The van der Waals surface area contributed by atoms with Crippen LogP contribution in [0.25, 0.3) is 0 Å². The topological polar surface area (TPSA) is 40.6 Å². The Balaban J connectivity index is 2.06. The highest BCUT2D eigenvalue weighted by Crippen LogP contribution is 2.30. The van der Waals surface area contributed by atoms with Gasteiger partial charge in [0, 0.05) is 19.1 Å². The van der Waals surface area contributed by atoms with E-state index >= 15 is 0 Å². The Labute approximate surface area is 98.7 Å². The Bertz CT molecular complexity index is 342. The van der Waals surface area contributed by atoms with E-state index in [0.29, 0.717) is 18.5 Å². The van der Waals surface area contributed by atoms with Crippen molar-refractivity contribution in [2.45, 2.75) is 32.2 Å². The molecule has 2 heterocycles. The fraction of sp³-hybridized carbons (Fsp3) is 1.00. The van der Waals surface area contributed by atoms with E-state index in [1.54, 1.807) is 11.2 Å². The lowest BCUT2D eigenvalue weighted by atomic mass is 9.85. The quantitative estimate of drug-likeness (QED) is 0.722. The predicted octanol–water partition coefficient (Wildman–Crippen LogP) is 0.752. The number of nitrogens with zero attached hydrogens (tertiary/aromatic N) is 2. The summed E-state index contributed by atoms with van der Waals surface area (Å²) in [6.45, 7) is 4.35. The average Bonchev–Trinajstić information content (AvgIpc) is 2.29. The first-order chi connectivity index (χ1) is 7.54. The zero-order valence-electron chi connectivity index (χ0n) is 10.2. The van der Waals surface area contributed by atoms with Gasteiger partial charge in [-0.3, -0.25) is 0 Å². The van der Waals surface area contributed by atoms with E-state index < -0.39 is 10.0 Å². The van der Waals surface area contributed by atoms with Gasteiger partial charge in [-0.2, -0.15) is 0 Å². The first-order valence-electron chi connectivity index (χ1n) is 6.22. The lowest BCUT2D eigenvalue weighted by Crippen LogP contribution is -2.54. The molecule has 0 aromatic rings. The predicted molar refractivity (Wildman–Crippen MR) is 64.8 cm³/mol. The van der Waals surface area contributed by atoms with Crippen molar-refractivity contribution >= 4 is 10.0 Å². The molecule has 0 saturated carbocycles. The third-order valence-corrected chi connectivity index (χ3v) is 5.91. The van der Waals surface area contributed by atoms with Gasteiger partial charge in [0.05, 0.1) is 5.75 Å². The van der Waals surface area contributed by atoms with E-state index in [2.05, 4.69) is 11.9 Å². The zero-order chi connectivity index (χ0) is 11.8. The van der Waals surface area contributed by atoms with Gasteiger partial charge in [-0.25, -0.2) is 12.7 Å². The summed E-state index contributed by atoms with van der Waals surface area (Å²) in [6, 6.07) is 0.608. The summed E-state index contributed by atoms with van der Waals surface area (Å²) in [6.07, 6.45) is 3.39. The third-order valence-electron chi connectivity index (χ3n) is 4.07. The van der Waals surface area contributed by atoms with Crippen LogP contribution in [0.15, 0.2) is 0 Å². The number of hydrogen-bond acceptors (Lipinski definition) is 3. The lowest BCUT2D eigenvalue weighted by Gasteiger charge is -2.45. The van der Waals surface area contributed by atoms with Crippen LogP contribution in [0.3, 0.4) is 0 Å². The van der Waals surface area contributed by atoms with Crippen LogP contribution in [-0.2, 0) is 10.0 Å². The van der Waals surface area contributed by atoms with Gasteiger partial charge in [0.1, 0.15) is 0 Å². The minimum Gasteiger partial charge on any atom is -0.303 e. The molecule has 0 aromatic carbocycles. The van der Waals surface area contributed by atoms with Crippen LogP contribution in [0.1, 0.15) is 26.2 Å². The Morgan fingerprint density at radius 2 is 2.00 bits per heavy atom. The fourth-order valence-corrected chi connectivity index (χ4v) is 4.22. The normalized spacial score (nSPS) is 33.6. The molecule has 2 aliphatic rings. The van der Waals surface area contributed by atoms with Crippen molar-refractivity contribution in [3.63, 3.8) is 0 Å². The average molecular weight is 246 g/mol. The molecule has 2 unspecified atom stereocenters. The second-order valence-electron chi connectivity index (χ2n) is 5.00. The molecular formula is C11H22N2O2S. The van der Waals surface area contributed by atoms with Crippen LogP contribution < -0.4 is 0 Å². The maximum Gasteiger partial charge on any atom is 0.213 e. The highest BCUT2D eigenvalue weighted by atomic mass is 32.2. The fourth-order valence-electron chi connectivity index (χ4n) is 3.05. The summed E-state index contributed by atoms with van der Waals surface area (Å²) >= 11 is 0. The molecule has 0 amide bonds. The van der Waals surface area contributed by atoms with Crippen LogP contribution in [-0.4, -0.2) is 56.1 Å². The second-order valence-corrected chi connectivity index (χ2v) is 7.26. The van der Waals surface area contributed by atoms with E-state index in [9.17, 15) is 8.42 Å². The van der Waals surface area contributed by atoms with Crippen molar-refractivity contribution < 1.29 is 8.42 Å². The summed E-state index contributed by atoms with van der Waals surface area (Å²) in [7, 11) is -0.807. The van der Waals surface area contributed by atoms with E-state index in [4.69, 9.17) is 0 Å². The summed E-state index contributed by atoms with van der Waals surface area (Å²) < 4.78 is 25.3. The van der Waals surface area contributed by atoms with Crippen LogP contribution in [0.4, 0.5) is 0 Å². The van der Waals surface area contributed by atoms with Crippen LogP contribution >= 0.6 is 0 Å². The maximum atomic E-state index is 11.8. The first kappa shape index (κ1) is 12.3. The lowest BCUT2D eigenvalue weighted by molar-refractivity contribution is 0.0672. The second kappa shape index (κ2) is 4.63. The number of sulfonamides is 1. The number of rotatable bonds is 2. The third kappa shape index (κ3) is 2.26. The standard InChI is InChI=1S/C11H22N2O2S/c1-3-16(14,15)13-8-6-11-10(9-13)5-4-7-12(11)2/h10-11H,3-9H2,1-2H3. The minimum atomic E-state index is -2.97. The number of likely N-dealkylation sites (tertiary alicyclic amines) is 1. The van der Waals surface area contributed by atoms with Crippen molar-refractivity contribution in [1.29, 1.82) is 0 Å². The molecule has 0 bridgehead atoms. The Hall–Kier alpha value is -0.130. The van der Waals surface area contributed by atoms with Crippen molar-refractivity contribution in [2.24, 2.45) is 5.92 Å². The summed E-state index contributed by atoms with van der Waals surface area (Å²) in [5, 5.41) is 0. The molecule has 4 nitrogen and oxygen atoms in total. The molecule has 2 fully saturated rings. The zero-order valence-corrected chi connectivity index (χ0v) is 11.0. The van der Waals surface area contributed by atoms with Crippen LogP contribution in [0.5, 0.6) is 0 Å². The van der Waals surface area contributed by atoms with Crippen molar-refractivity contribution in [3.05, 3.63) is 0 Å². The van der Waals surface area contributed by atoms with Gasteiger partial charge >= 0.3 is 0 Å². The Kier molecular flexibility index (Phi) is 3.56. The molecule has 2 saturated heterocycles. The van der Waals surface area contributed by atoms with E-state index in [-0.39, 0.29) is 5.75 Å². The van der Waals surface area contributed by atoms with Crippen LogP contribution in [0.2, 0.25) is 0 Å². The molecule has 0 aromatic heterocycles. The minimum absolute atomic E-state index is 0.236. The molecule has 0 aliphatic carbocycles. The van der Waals surface area contributed by atoms with Crippen molar-refractivity contribution in [2.75, 3.05) is 32.4 Å². The monoisotopic (exact) mass is 246 g/mol. The van der Waals surface area contributed by atoms with Crippen molar-refractivity contribution in [3.8, 4) is 0 Å². The van der Waals surface area contributed by atoms with Gasteiger partial charge in [0.15, 0.2) is 0 Å². The molecule has 0 N–H and O–H groups in total. The molecular weight excluding hydrogens is 224 g/mol. The van der Waals surface area contributed by atoms with Gasteiger partial charge in [-0.05, 0) is 45.7 Å². The first-order valence-corrected chi connectivity index (χ1v) is 7.83. The van der Waals surface area contributed by atoms with E-state index in [0.717, 1.165) is 13.0 Å². The van der Waals surface area contributed by atoms with Gasteiger partial charge in [-0.15, -0.1) is 0 Å². The Morgan fingerprint density at radius 3 is 2.69 bits per heavy atom. The van der Waals surface area contributed by atoms with Gasteiger partial charge in [-0.1, -0.05) is 0 Å². The Morgan fingerprint density at radius 1 is 1.25 bits per heavy atom. The van der Waals surface area contributed by atoms with Crippen molar-refractivity contribution in [1.82, 2.24) is 9.21 Å². The highest BCUT2D eigenvalue weighted by Gasteiger charge is 2.37. The van der Waals surface area contributed by atoms with E-state index in [1.165, 1.54) is 19.4 Å². The largest absolute Gasteiger partial charge is 0.303 e. The highest BCUT2D eigenvalue weighted by molar-refractivity contribution is 7.89. The number of hydrogen-bond donors (Lipinski definition) is 0. The smallest absolute Gasteiger partial charge is 0.213 e. The van der Waals surface area contributed by atoms with Gasteiger partial charge in [0.25, 0.3) is 0 Å². The molecule has 94 valence electrons. The molecule has 2 aliphatic heterocycles. The summed E-state index contributed by atoms with van der Waals surface area (Å²) in [5.74, 6) is 0.786. The van der Waals surface area contributed by atoms with Gasteiger partial charge < -0.3 is 4.90 Å². The molecule has 0 radical (unpaired) electrons. The number of piperidine rings is 2. The van der Waals surface area contributed by atoms with Crippen LogP contribution in [0, 0.1) is 5.92 Å². The van der Waals surface area contributed by atoms with E-state index in [1.807, 2.05) is 0 Å². The number of fused-ring (bicyclic) bond motifs is 1. The molecule has 2 rings (SSSR count). The summed E-state index contributed by atoms with van der Waals surface area (Å²) in [5.41, 5.74) is 0. The summed E-state index contributed by atoms with van der Waals surface area (Å²) in [4.78, 5) is 2.41. The molecule has 0 spiro atoms. The maximum absolute atomic E-state index is 11.8.